The molecule has 0 saturated carbocycles. The molecule has 1 atom stereocenters. The molecule has 3 nitrogen and oxygen atoms in total. The van der Waals surface area contributed by atoms with Gasteiger partial charge in [-0.15, -0.1) is 11.8 Å². The van der Waals surface area contributed by atoms with E-state index in [1.54, 1.807) is 0 Å². The van der Waals surface area contributed by atoms with Gasteiger partial charge in [-0.2, -0.15) is 5.10 Å². The molecule has 0 amide bonds. The molecule has 0 aliphatic carbocycles. The molecule has 2 rings (SSSR count). The van der Waals surface area contributed by atoms with Crippen LogP contribution < -0.4 is 5.32 Å². The minimum Gasteiger partial charge on any atom is -0.309 e. The molecule has 114 valence electrons. The quantitative estimate of drug-likeness (QED) is 0.752. The molecule has 0 saturated heterocycles. The van der Waals surface area contributed by atoms with Crippen LogP contribution in [0.25, 0.3) is 0 Å². The SMILES string of the molecule is CCCc1ccc(C(CSc2cnn(C)c2)NCC)cc1. The molecule has 1 heterocycles. The van der Waals surface area contributed by atoms with Crippen molar-refractivity contribution in [3.63, 3.8) is 0 Å². The Balaban J connectivity index is 2.00. The van der Waals surface area contributed by atoms with Gasteiger partial charge in [0.1, 0.15) is 0 Å². The number of benzene rings is 1. The molecule has 0 aliphatic heterocycles. The summed E-state index contributed by atoms with van der Waals surface area (Å²) in [6.07, 6.45) is 6.36. The molecule has 1 unspecified atom stereocenters. The Labute approximate surface area is 132 Å². The summed E-state index contributed by atoms with van der Waals surface area (Å²) >= 11 is 1.85. The maximum atomic E-state index is 4.22. The molecule has 21 heavy (non-hydrogen) atoms. The van der Waals surface area contributed by atoms with Crippen LogP contribution in [0.1, 0.15) is 37.4 Å². The summed E-state index contributed by atoms with van der Waals surface area (Å²) in [7, 11) is 1.96. The maximum absolute atomic E-state index is 4.22. The van der Waals surface area contributed by atoms with Gasteiger partial charge in [0, 0.05) is 29.9 Å². The van der Waals surface area contributed by atoms with Crippen LogP contribution in [0, 0.1) is 0 Å². The van der Waals surface area contributed by atoms with Gasteiger partial charge in [-0.05, 0) is 24.1 Å². The minimum atomic E-state index is 0.385. The van der Waals surface area contributed by atoms with Crippen LogP contribution in [0.4, 0.5) is 0 Å². The highest BCUT2D eigenvalue weighted by molar-refractivity contribution is 7.99. The van der Waals surface area contributed by atoms with Crippen LogP contribution >= 0.6 is 11.8 Å². The molecule has 0 bridgehead atoms. The molecular formula is C17H25N3S. The maximum Gasteiger partial charge on any atom is 0.0625 e. The Hall–Kier alpha value is -1.26. The number of nitrogens with zero attached hydrogens (tertiary/aromatic N) is 2. The highest BCUT2D eigenvalue weighted by atomic mass is 32.2. The second kappa shape index (κ2) is 8.25. The van der Waals surface area contributed by atoms with E-state index in [0.717, 1.165) is 18.7 Å². The molecule has 4 heteroatoms. The fourth-order valence-electron chi connectivity index (χ4n) is 2.38. The smallest absolute Gasteiger partial charge is 0.0625 e. The van der Waals surface area contributed by atoms with Crippen LogP contribution in [0.15, 0.2) is 41.6 Å². The molecule has 1 N–H and O–H groups in total. The summed E-state index contributed by atoms with van der Waals surface area (Å²) in [6, 6.07) is 9.44. The summed E-state index contributed by atoms with van der Waals surface area (Å²) < 4.78 is 1.85. The van der Waals surface area contributed by atoms with Crippen molar-refractivity contribution < 1.29 is 0 Å². The van der Waals surface area contributed by atoms with Gasteiger partial charge in [-0.3, -0.25) is 4.68 Å². The van der Waals surface area contributed by atoms with Gasteiger partial charge in [0.25, 0.3) is 0 Å². The Bertz CT molecular complexity index is 533. The number of rotatable bonds is 8. The Morgan fingerprint density at radius 2 is 2.00 bits per heavy atom. The lowest BCUT2D eigenvalue weighted by Crippen LogP contribution is -2.22. The van der Waals surface area contributed by atoms with Crippen molar-refractivity contribution in [3.05, 3.63) is 47.8 Å². The molecule has 0 fully saturated rings. The zero-order valence-corrected chi connectivity index (χ0v) is 14.0. The first-order valence-corrected chi connectivity index (χ1v) is 8.65. The predicted molar refractivity (Wildman–Crippen MR) is 90.8 cm³/mol. The third-order valence-corrected chi connectivity index (χ3v) is 4.51. The highest BCUT2D eigenvalue weighted by Crippen LogP contribution is 2.24. The fraction of sp³-hybridized carbons (Fsp3) is 0.471. The zero-order chi connectivity index (χ0) is 15.1. The van der Waals surface area contributed by atoms with Crippen LogP contribution in [0.5, 0.6) is 0 Å². The van der Waals surface area contributed by atoms with Crippen molar-refractivity contribution in [2.75, 3.05) is 12.3 Å². The van der Waals surface area contributed by atoms with Crippen molar-refractivity contribution >= 4 is 11.8 Å². The molecular weight excluding hydrogens is 278 g/mol. The van der Waals surface area contributed by atoms with Crippen LogP contribution in [0.3, 0.4) is 0 Å². The van der Waals surface area contributed by atoms with Crippen LogP contribution in [0.2, 0.25) is 0 Å². The van der Waals surface area contributed by atoms with Gasteiger partial charge in [0.2, 0.25) is 0 Å². The number of hydrogen-bond acceptors (Lipinski definition) is 3. The van der Waals surface area contributed by atoms with E-state index in [9.17, 15) is 0 Å². The average molecular weight is 303 g/mol. The monoisotopic (exact) mass is 303 g/mol. The fourth-order valence-corrected chi connectivity index (χ4v) is 3.40. The number of aryl methyl sites for hydroxylation is 2. The van der Waals surface area contributed by atoms with Gasteiger partial charge >= 0.3 is 0 Å². The highest BCUT2D eigenvalue weighted by Gasteiger charge is 2.11. The summed E-state index contributed by atoms with van der Waals surface area (Å²) in [5.41, 5.74) is 2.80. The van der Waals surface area contributed by atoms with E-state index in [2.05, 4.69) is 54.7 Å². The third kappa shape index (κ3) is 4.90. The summed E-state index contributed by atoms with van der Waals surface area (Å²) in [5, 5.41) is 7.80. The van der Waals surface area contributed by atoms with Crippen molar-refractivity contribution in [2.45, 2.75) is 37.6 Å². The molecule has 1 aromatic carbocycles. The van der Waals surface area contributed by atoms with Crippen molar-refractivity contribution in [2.24, 2.45) is 7.05 Å². The lowest BCUT2D eigenvalue weighted by molar-refractivity contribution is 0.605. The molecule has 1 aromatic heterocycles. The second-order valence-electron chi connectivity index (χ2n) is 5.26. The topological polar surface area (TPSA) is 29.9 Å². The van der Waals surface area contributed by atoms with Gasteiger partial charge in [0.15, 0.2) is 0 Å². The largest absolute Gasteiger partial charge is 0.309 e. The van der Waals surface area contributed by atoms with Crippen LogP contribution in [-0.2, 0) is 13.5 Å². The van der Waals surface area contributed by atoms with Crippen molar-refractivity contribution in [1.82, 2.24) is 15.1 Å². The normalized spacial score (nSPS) is 12.5. The summed E-state index contributed by atoms with van der Waals surface area (Å²) in [5.74, 6) is 1.02. The van der Waals surface area contributed by atoms with E-state index in [-0.39, 0.29) is 0 Å². The number of nitrogens with one attached hydrogen (secondary N) is 1. The van der Waals surface area contributed by atoms with Crippen molar-refractivity contribution in [1.29, 1.82) is 0 Å². The first-order valence-electron chi connectivity index (χ1n) is 7.66. The molecule has 2 aromatic rings. The number of hydrogen-bond donors (Lipinski definition) is 1. The molecule has 0 aliphatic rings. The zero-order valence-electron chi connectivity index (χ0n) is 13.2. The second-order valence-corrected chi connectivity index (χ2v) is 6.36. The van der Waals surface area contributed by atoms with Gasteiger partial charge < -0.3 is 5.32 Å². The summed E-state index contributed by atoms with van der Waals surface area (Å²) in [6.45, 7) is 5.36. The minimum absolute atomic E-state index is 0.385. The summed E-state index contributed by atoms with van der Waals surface area (Å²) in [4.78, 5) is 1.23. The molecule has 0 radical (unpaired) electrons. The van der Waals surface area contributed by atoms with Gasteiger partial charge in [0.05, 0.1) is 6.20 Å². The van der Waals surface area contributed by atoms with E-state index in [0.29, 0.717) is 6.04 Å². The van der Waals surface area contributed by atoms with Gasteiger partial charge in [-0.25, -0.2) is 0 Å². The van der Waals surface area contributed by atoms with E-state index in [1.165, 1.54) is 22.4 Å². The van der Waals surface area contributed by atoms with E-state index >= 15 is 0 Å². The lowest BCUT2D eigenvalue weighted by atomic mass is 10.0. The third-order valence-electron chi connectivity index (χ3n) is 3.47. The van der Waals surface area contributed by atoms with Gasteiger partial charge in [-0.1, -0.05) is 44.5 Å². The van der Waals surface area contributed by atoms with E-state index in [1.807, 2.05) is 29.7 Å². The number of aromatic nitrogens is 2. The Morgan fingerprint density at radius 3 is 2.57 bits per heavy atom. The Morgan fingerprint density at radius 1 is 1.24 bits per heavy atom. The molecule has 0 spiro atoms. The lowest BCUT2D eigenvalue weighted by Gasteiger charge is -2.18. The number of thioether (sulfide) groups is 1. The Kier molecular flexibility index (Phi) is 6.33. The predicted octanol–water partition coefficient (Wildman–Crippen LogP) is 3.82. The average Bonchev–Trinajstić information content (AvgIpc) is 2.90. The van der Waals surface area contributed by atoms with E-state index < -0.39 is 0 Å². The van der Waals surface area contributed by atoms with Crippen molar-refractivity contribution in [3.8, 4) is 0 Å². The first kappa shape index (κ1) is 16.1. The first-order chi connectivity index (χ1) is 10.2. The standard InChI is InChI=1S/C17H25N3S/c1-4-6-14-7-9-15(10-8-14)17(18-5-2)13-21-16-11-19-20(3)12-16/h7-12,17-18H,4-6,13H2,1-3H3. The van der Waals surface area contributed by atoms with Crippen LogP contribution in [-0.4, -0.2) is 22.1 Å². The van der Waals surface area contributed by atoms with E-state index in [4.69, 9.17) is 0 Å².